The lowest BCUT2D eigenvalue weighted by Gasteiger charge is -2.45. The Morgan fingerprint density at radius 1 is 0.944 bits per heavy atom. The Kier molecular flexibility index (Phi) is 11.5. The number of ether oxygens (including phenoxy) is 4. The molecule has 2 aliphatic rings. The molecule has 0 saturated carbocycles. The van der Waals surface area contributed by atoms with Crippen LogP contribution >= 0.6 is 0 Å². The lowest BCUT2D eigenvalue weighted by atomic mass is 9.96. The monoisotopic (exact) mass is 529 g/mol. The van der Waals surface area contributed by atoms with E-state index < -0.39 is 105 Å². The van der Waals surface area contributed by atoms with E-state index in [2.05, 4.69) is 5.32 Å². The van der Waals surface area contributed by atoms with Crippen LogP contribution in [0.3, 0.4) is 0 Å². The Morgan fingerprint density at radius 2 is 1.58 bits per heavy atom. The number of carbonyl (C=O) groups excluding carboxylic acids is 2. The molecule has 2 rings (SSSR count). The predicted octanol–water partition coefficient (Wildman–Crippen LogP) is -6.56. The van der Waals surface area contributed by atoms with Crippen molar-refractivity contribution in [3.63, 3.8) is 0 Å². The summed E-state index contributed by atoms with van der Waals surface area (Å²) in [7, 11) is 0. The molecule has 10 N–H and O–H groups in total. The third-order valence-corrected chi connectivity index (χ3v) is 6.02. The van der Waals surface area contributed by atoms with Crippen molar-refractivity contribution >= 4 is 12.2 Å². The maximum absolute atomic E-state index is 12.0. The largest absolute Gasteiger partial charge is 0.394 e. The molecular formula is C20H35NO15. The minimum absolute atomic E-state index is 0.0845. The molecule has 2 heterocycles. The van der Waals surface area contributed by atoms with E-state index in [-0.39, 0.29) is 6.29 Å². The first-order valence-electron chi connectivity index (χ1n) is 11.2. The van der Waals surface area contributed by atoms with Crippen LogP contribution in [0.5, 0.6) is 0 Å². The molecule has 0 spiro atoms. The van der Waals surface area contributed by atoms with Gasteiger partial charge in [-0.1, -0.05) is 0 Å². The van der Waals surface area contributed by atoms with Crippen molar-refractivity contribution in [3.8, 4) is 0 Å². The SMILES string of the molecule is CC(=O)NC1C(OC(C(C=O)OC2OC(C)C(O)C(O)C2O)C(O)C(O)CO)OC(CO)C(O)C1O. The maximum Gasteiger partial charge on any atom is 0.217 e. The number of nitrogens with one attached hydrogen (secondary N) is 1. The zero-order valence-electron chi connectivity index (χ0n) is 19.5. The second-order valence-corrected chi connectivity index (χ2v) is 8.69. The second kappa shape index (κ2) is 13.4. The van der Waals surface area contributed by atoms with Crippen molar-refractivity contribution in [2.45, 2.75) is 99.6 Å². The second-order valence-electron chi connectivity index (χ2n) is 8.69. The number of rotatable bonds is 11. The molecule has 0 radical (unpaired) electrons. The van der Waals surface area contributed by atoms with Crippen LogP contribution in [0, 0.1) is 0 Å². The van der Waals surface area contributed by atoms with E-state index in [1.165, 1.54) is 6.92 Å². The van der Waals surface area contributed by atoms with E-state index in [4.69, 9.17) is 18.9 Å². The Labute approximate surface area is 205 Å². The molecule has 1 amide bonds. The highest BCUT2D eigenvalue weighted by Gasteiger charge is 2.50. The highest BCUT2D eigenvalue weighted by Crippen LogP contribution is 2.28. The summed E-state index contributed by atoms with van der Waals surface area (Å²) in [6.07, 6.45) is -22.2. The fourth-order valence-electron chi connectivity index (χ4n) is 3.89. The van der Waals surface area contributed by atoms with Crippen LogP contribution < -0.4 is 5.32 Å². The molecule has 16 heteroatoms. The lowest BCUT2D eigenvalue weighted by Crippen LogP contribution is -2.66. The van der Waals surface area contributed by atoms with Crippen LogP contribution in [0.15, 0.2) is 0 Å². The summed E-state index contributed by atoms with van der Waals surface area (Å²) < 4.78 is 21.7. The van der Waals surface area contributed by atoms with E-state index in [9.17, 15) is 55.5 Å². The van der Waals surface area contributed by atoms with E-state index in [1.54, 1.807) is 0 Å². The first-order chi connectivity index (χ1) is 16.9. The molecule has 36 heavy (non-hydrogen) atoms. The average Bonchev–Trinajstić information content (AvgIpc) is 2.85. The molecule has 0 aromatic rings. The van der Waals surface area contributed by atoms with E-state index in [0.717, 1.165) is 6.92 Å². The molecule has 2 fully saturated rings. The molecule has 14 unspecified atom stereocenters. The van der Waals surface area contributed by atoms with Crippen molar-refractivity contribution in [1.82, 2.24) is 5.32 Å². The summed E-state index contributed by atoms with van der Waals surface area (Å²) in [6, 6.07) is -1.50. The minimum Gasteiger partial charge on any atom is -0.394 e. The quantitative estimate of drug-likeness (QED) is 0.111. The summed E-state index contributed by atoms with van der Waals surface area (Å²) in [6.45, 7) is 0.625. The summed E-state index contributed by atoms with van der Waals surface area (Å²) in [5, 5.41) is 92.3. The van der Waals surface area contributed by atoms with Crippen LogP contribution in [0.1, 0.15) is 13.8 Å². The smallest absolute Gasteiger partial charge is 0.217 e. The van der Waals surface area contributed by atoms with E-state index in [1.807, 2.05) is 0 Å². The molecule has 16 nitrogen and oxygen atoms in total. The normalized spacial score (nSPS) is 40.6. The van der Waals surface area contributed by atoms with Gasteiger partial charge >= 0.3 is 0 Å². The highest BCUT2D eigenvalue weighted by molar-refractivity contribution is 5.73. The number of amides is 1. The fourth-order valence-corrected chi connectivity index (χ4v) is 3.89. The molecule has 2 aliphatic heterocycles. The highest BCUT2D eigenvalue weighted by atomic mass is 16.7. The zero-order valence-corrected chi connectivity index (χ0v) is 19.5. The summed E-state index contributed by atoms with van der Waals surface area (Å²) in [5.41, 5.74) is 0. The van der Waals surface area contributed by atoms with Crippen LogP contribution in [0.2, 0.25) is 0 Å². The lowest BCUT2D eigenvalue weighted by molar-refractivity contribution is -0.329. The van der Waals surface area contributed by atoms with Gasteiger partial charge in [0.2, 0.25) is 5.91 Å². The first-order valence-corrected chi connectivity index (χ1v) is 11.2. The van der Waals surface area contributed by atoms with Crippen molar-refractivity contribution < 1.29 is 74.5 Å². The van der Waals surface area contributed by atoms with Gasteiger partial charge in [0.05, 0.1) is 19.3 Å². The zero-order chi connectivity index (χ0) is 27.3. The van der Waals surface area contributed by atoms with Crippen LogP contribution in [-0.4, -0.2) is 157 Å². The van der Waals surface area contributed by atoms with Crippen molar-refractivity contribution in [2.75, 3.05) is 13.2 Å². The molecule has 0 bridgehead atoms. The number of aliphatic hydroxyl groups is 9. The molecule has 0 aromatic heterocycles. The van der Waals surface area contributed by atoms with E-state index >= 15 is 0 Å². The number of aldehydes is 1. The van der Waals surface area contributed by atoms with Gasteiger partial charge in [-0.2, -0.15) is 0 Å². The van der Waals surface area contributed by atoms with Gasteiger partial charge in [-0.25, -0.2) is 0 Å². The van der Waals surface area contributed by atoms with Crippen LogP contribution in [0.25, 0.3) is 0 Å². The Balaban J connectivity index is 2.36. The topological polar surface area (TPSA) is 265 Å². The van der Waals surface area contributed by atoms with Gasteiger partial charge in [0.15, 0.2) is 18.9 Å². The maximum atomic E-state index is 12.0. The van der Waals surface area contributed by atoms with Gasteiger partial charge in [-0.3, -0.25) is 4.79 Å². The molecule has 2 saturated heterocycles. The molecular weight excluding hydrogens is 494 g/mol. The Hall–Kier alpha value is -1.38. The van der Waals surface area contributed by atoms with Gasteiger partial charge in [0.1, 0.15) is 67.1 Å². The average molecular weight is 529 g/mol. The van der Waals surface area contributed by atoms with Gasteiger partial charge in [0.25, 0.3) is 0 Å². The number of hydrogen-bond donors (Lipinski definition) is 10. The molecule has 0 aliphatic carbocycles. The van der Waals surface area contributed by atoms with Crippen molar-refractivity contribution in [3.05, 3.63) is 0 Å². The van der Waals surface area contributed by atoms with Gasteiger partial charge in [-0.05, 0) is 6.92 Å². The number of hydrogen-bond acceptors (Lipinski definition) is 15. The molecule has 0 aromatic carbocycles. The Morgan fingerprint density at radius 3 is 2.11 bits per heavy atom. The molecule has 210 valence electrons. The van der Waals surface area contributed by atoms with Crippen LogP contribution in [-0.2, 0) is 28.5 Å². The van der Waals surface area contributed by atoms with Crippen LogP contribution in [0.4, 0.5) is 0 Å². The Bertz CT molecular complexity index is 715. The molecule has 14 atom stereocenters. The number of carbonyl (C=O) groups is 2. The number of aliphatic hydroxyl groups excluding tert-OH is 9. The van der Waals surface area contributed by atoms with Gasteiger partial charge < -0.3 is 75.0 Å². The predicted molar refractivity (Wildman–Crippen MR) is 113 cm³/mol. The summed E-state index contributed by atoms with van der Waals surface area (Å²) in [4.78, 5) is 23.6. The third-order valence-electron chi connectivity index (χ3n) is 6.02. The van der Waals surface area contributed by atoms with Gasteiger partial charge in [0, 0.05) is 6.92 Å². The third kappa shape index (κ3) is 6.93. The minimum atomic E-state index is -2.07. The summed E-state index contributed by atoms with van der Waals surface area (Å²) >= 11 is 0. The summed E-state index contributed by atoms with van der Waals surface area (Å²) in [5.74, 6) is -0.693. The first kappa shape index (κ1) is 30.8. The fraction of sp³-hybridized carbons (Fsp3) is 0.900. The van der Waals surface area contributed by atoms with Crippen molar-refractivity contribution in [1.29, 1.82) is 0 Å². The van der Waals surface area contributed by atoms with Gasteiger partial charge in [-0.15, -0.1) is 0 Å². The van der Waals surface area contributed by atoms with Crippen molar-refractivity contribution in [2.24, 2.45) is 0 Å². The standard InChI is InChI=1S/C20H35NO15/c1-6-12(27)16(31)17(32)20(33-6)35-10(5-24)18(13(28)8(26)3-22)36-19-11(21-7(2)25)15(30)14(29)9(4-23)34-19/h5-6,8-20,22-23,26-32H,3-4H2,1-2H3,(H,21,25). The van der Waals surface area contributed by atoms with E-state index in [0.29, 0.717) is 0 Å².